The highest BCUT2D eigenvalue weighted by molar-refractivity contribution is 5.42. The van der Waals surface area contributed by atoms with Gasteiger partial charge in [-0.2, -0.15) is 0 Å². The molecule has 0 bridgehead atoms. The Labute approximate surface area is 90.5 Å². The summed E-state index contributed by atoms with van der Waals surface area (Å²) in [6, 6.07) is 5.84. The zero-order valence-electron chi connectivity index (χ0n) is 9.19. The highest BCUT2D eigenvalue weighted by Crippen LogP contribution is 2.27. The number of hydrogen-bond acceptors (Lipinski definition) is 3. The van der Waals surface area contributed by atoms with Crippen molar-refractivity contribution >= 4 is 0 Å². The number of rotatable bonds is 5. The lowest BCUT2D eigenvalue weighted by molar-refractivity contribution is 0.326. The zero-order chi connectivity index (χ0) is 11.1. The summed E-state index contributed by atoms with van der Waals surface area (Å²) in [5.74, 6) is 1.51. The van der Waals surface area contributed by atoms with Crippen molar-refractivity contribution in [2.45, 2.75) is 6.92 Å². The summed E-state index contributed by atoms with van der Waals surface area (Å²) >= 11 is 0. The Hall–Kier alpha value is -1.48. The lowest BCUT2D eigenvalue weighted by atomic mass is 10.2. The van der Waals surface area contributed by atoms with Crippen molar-refractivity contribution < 1.29 is 9.47 Å². The van der Waals surface area contributed by atoms with Crippen LogP contribution in [0.2, 0.25) is 0 Å². The maximum Gasteiger partial charge on any atom is 0.161 e. The second-order valence-electron chi connectivity index (χ2n) is 3.17. The SMILES string of the molecule is COc1cc(C)ccc1OCC=CCN. The molecule has 0 spiro atoms. The molecule has 0 aromatic heterocycles. The zero-order valence-corrected chi connectivity index (χ0v) is 9.19. The minimum absolute atomic E-state index is 0.511. The Balaban J connectivity index is 2.63. The summed E-state index contributed by atoms with van der Waals surface area (Å²) in [5.41, 5.74) is 6.47. The maximum atomic E-state index is 5.52. The normalized spacial score (nSPS) is 10.6. The van der Waals surface area contributed by atoms with Crippen LogP contribution in [0.1, 0.15) is 5.56 Å². The fourth-order valence-corrected chi connectivity index (χ4v) is 1.20. The second-order valence-corrected chi connectivity index (χ2v) is 3.17. The van der Waals surface area contributed by atoms with Crippen molar-refractivity contribution in [3.8, 4) is 11.5 Å². The summed E-state index contributed by atoms with van der Waals surface area (Å²) < 4.78 is 10.7. The van der Waals surface area contributed by atoms with Gasteiger partial charge in [0.1, 0.15) is 6.61 Å². The van der Waals surface area contributed by atoms with Gasteiger partial charge in [0.25, 0.3) is 0 Å². The van der Waals surface area contributed by atoms with E-state index in [0.29, 0.717) is 13.2 Å². The Morgan fingerprint density at radius 1 is 1.27 bits per heavy atom. The lowest BCUT2D eigenvalue weighted by Gasteiger charge is -2.09. The van der Waals surface area contributed by atoms with Crippen molar-refractivity contribution in [2.24, 2.45) is 5.73 Å². The first-order chi connectivity index (χ1) is 7.27. The number of nitrogens with two attached hydrogens (primary N) is 1. The van der Waals surface area contributed by atoms with Gasteiger partial charge in [-0.1, -0.05) is 18.2 Å². The number of ether oxygens (including phenoxy) is 2. The molecule has 15 heavy (non-hydrogen) atoms. The average Bonchev–Trinajstić information content (AvgIpc) is 2.26. The molecule has 1 rings (SSSR count). The van der Waals surface area contributed by atoms with Crippen molar-refractivity contribution in [2.75, 3.05) is 20.3 Å². The van der Waals surface area contributed by atoms with E-state index in [-0.39, 0.29) is 0 Å². The van der Waals surface area contributed by atoms with Gasteiger partial charge >= 0.3 is 0 Å². The summed E-state index contributed by atoms with van der Waals surface area (Å²) in [5, 5.41) is 0. The molecule has 0 atom stereocenters. The molecule has 0 saturated carbocycles. The molecule has 1 aromatic carbocycles. The van der Waals surface area contributed by atoms with Crippen LogP contribution in [-0.2, 0) is 0 Å². The molecule has 0 saturated heterocycles. The highest BCUT2D eigenvalue weighted by Gasteiger charge is 2.02. The van der Waals surface area contributed by atoms with Gasteiger partial charge in [0.15, 0.2) is 11.5 Å². The topological polar surface area (TPSA) is 44.5 Å². The van der Waals surface area contributed by atoms with Crippen LogP contribution >= 0.6 is 0 Å². The molecular weight excluding hydrogens is 190 g/mol. The van der Waals surface area contributed by atoms with Crippen molar-refractivity contribution in [1.82, 2.24) is 0 Å². The Kier molecular flexibility index (Phi) is 4.71. The van der Waals surface area contributed by atoms with Crippen LogP contribution in [0.25, 0.3) is 0 Å². The monoisotopic (exact) mass is 207 g/mol. The van der Waals surface area contributed by atoms with Gasteiger partial charge in [-0.05, 0) is 24.6 Å². The van der Waals surface area contributed by atoms with Gasteiger partial charge in [-0.25, -0.2) is 0 Å². The number of methoxy groups -OCH3 is 1. The third kappa shape index (κ3) is 3.64. The Morgan fingerprint density at radius 3 is 2.73 bits per heavy atom. The average molecular weight is 207 g/mol. The minimum Gasteiger partial charge on any atom is -0.493 e. The molecule has 3 heteroatoms. The van der Waals surface area contributed by atoms with Crippen LogP contribution in [0, 0.1) is 6.92 Å². The van der Waals surface area contributed by atoms with Crippen LogP contribution in [0.3, 0.4) is 0 Å². The molecule has 0 unspecified atom stereocenters. The smallest absolute Gasteiger partial charge is 0.161 e. The molecule has 1 aromatic rings. The van der Waals surface area contributed by atoms with Crippen molar-refractivity contribution in [3.63, 3.8) is 0 Å². The van der Waals surface area contributed by atoms with Crippen molar-refractivity contribution in [1.29, 1.82) is 0 Å². The van der Waals surface area contributed by atoms with E-state index >= 15 is 0 Å². The Morgan fingerprint density at radius 2 is 2.07 bits per heavy atom. The van der Waals surface area contributed by atoms with E-state index in [0.717, 1.165) is 17.1 Å². The molecule has 0 aliphatic rings. The van der Waals surface area contributed by atoms with Crippen LogP contribution in [0.4, 0.5) is 0 Å². The number of hydrogen-bond donors (Lipinski definition) is 1. The molecule has 0 fully saturated rings. The van der Waals surface area contributed by atoms with E-state index in [1.807, 2.05) is 37.3 Å². The predicted octanol–water partition coefficient (Wildman–Crippen LogP) is 1.90. The van der Waals surface area contributed by atoms with E-state index in [9.17, 15) is 0 Å². The van der Waals surface area contributed by atoms with Crippen LogP contribution in [-0.4, -0.2) is 20.3 Å². The molecule has 0 radical (unpaired) electrons. The predicted molar refractivity (Wildman–Crippen MR) is 61.4 cm³/mol. The molecule has 3 nitrogen and oxygen atoms in total. The summed E-state index contributed by atoms with van der Waals surface area (Å²) in [4.78, 5) is 0. The molecule has 0 amide bonds. The van der Waals surface area contributed by atoms with E-state index in [4.69, 9.17) is 15.2 Å². The lowest BCUT2D eigenvalue weighted by Crippen LogP contribution is -1.98. The first-order valence-corrected chi connectivity index (χ1v) is 4.90. The van der Waals surface area contributed by atoms with E-state index in [1.54, 1.807) is 7.11 Å². The summed E-state index contributed by atoms with van der Waals surface area (Å²) in [6.07, 6.45) is 3.75. The fraction of sp³-hybridized carbons (Fsp3) is 0.333. The van der Waals surface area contributed by atoms with Crippen LogP contribution in [0.5, 0.6) is 11.5 Å². The molecule has 2 N–H and O–H groups in total. The van der Waals surface area contributed by atoms with Crippen molar-refractivity contribution in [3.05, 3.63) is 35.9 Å². The summed E-state index contributed by atoms with van der Waals surface area (Å²) in [7, 11) is 1.64. The van der Waals surface area contributed by atoms with Gasteiger partial charge in [-0.15, -0.1) is 0 Å². The molecule has 82 valence electrons. The van der Waals surface area contributed by atoms with E-state index in [1.165, 1.54) is 0 Å². The van der Waals surface area contributed by atoms with E-state index in [2.05, 4.69) is 0 Å². The van der Waals surface area contributed by atoms with Gasteiger partial charge in [0, 0.05) is 6.54 Å². The first-order valence-electron chi connectivity index (χ1n) is 4.90. The highest BCUT2D eigenvalue weighted by atomic mass is 16.5. The summed E-state index contributed by atoms with van der Waals surface area (Å²) in [6.45, 7) is 3.06. The number of aryl methyl sites for hydroxylation is 1. The largest absolute Gasteiger partial charge is 0.493 e. The standard InChI is InChI=1S/C12H17NO2/c1-10-5-6-11(12(9-10)14-2)15-8-4-3-7-13/h3-6,9H,7-8,13H2,1-2H3. The molecule has 0 aliphatic carbocycles. The molecule has 0 heterocycles. The van der Waals surface area contributed by atoms with E-state index < -0.39 is 0 Å². The van der Waals surface area contributed by atoms with Crippen LogP contribution in [0.15, 0.2) is 30.4 Å². The quantitative estimate of drug-likeness (QED) is 0.750. The van der Waals surface area contributed by atoms with Crippen LogP contribution < -0.4 is 15.2 Å². The minimum atomic E-state index is 0.511. The number of benzene rings is 1. The molecule has 0 aliphatic heterocycles. The van der Waals surface area contributed by atoms with Gasteiger partial charge in [0.05, 0.1) is 7.11 Å². The third-order valence-electron chi connectivity index (χ3n) is 1.96. The first kappa shape index (κ1) is 11.6. The fourth-order valence-electron chi connectivity index (χ4n) is 1.20. The van der Waals surface area contributed by atoms with Gasteiger partial charge < -0.3 is 15.2 Å². The second kappa shape index (κ2) is 6.09. The Bertz CT molecular complexity index is 334. The van der Waals surface area contributed by atoms with Gasteiger partial charge in [0.2, 0.25) is 0 Å². The molecular formula is C12H17NO2. The third-order valence-corrected chi connectivity index (χ3v) is 1.96. The maximum absolute atomic E-state index is 5.52. The van der Waals surface area contributed by atoms with Gasteiger partial charge in [-0.3, -0.25) is 0 Å².